The molecule has 0 aliphatic carbocycles. The van der Waals surface area contributed by atoms with Gasteiger partial charge < -0.3 is 4.74 Å². The lowest BCUT2D eigenvalue weighted by Crippen LogP contribution is -2.25. The number of hydrogen-bond acceptors (Lipinski definition) is 2. The Morgan fingerprint density at radius 1 is 1.29 bits per heavy atom. The first kappa shape index (κ1) is 13.2. The maximum atomic E-state index is 12.3. The molecule has 1 aromatic rings. The summed E-state index contributed by atoms with van der Waals surface area (Å²) in [4.78, 5) is 12.3. The van der Waals surface area contributed by atoms with Crippen LogP contribution in [0.15, 0.2) is 12.1 Å². The molecule has 1 aliphatic heterocycles. The summed E-state index contributed by atoms with van der Waals surface area (Å²) in [5.74, 6) is 0.0204. The van der Waals surface area contributed by atoms with Gasteiger partial charge in [0.05, 0.1) is 15.6 Å². The highest BCUT2D eigenvalue weighted by Gasteiger charge is 2.33. The summed E-state index contributed by atoms with van der Waals surface area (Å²) in [5.41, 5.74) is 0.302. The van der Waals surface area contributed by atoms with Crippen LogP contribution in [0.1, 0.15) is 23.7 Å². The molecule has 1 heterocycles. The molecule has 0 bridgehead atoms. The Morgan fingerprint density at radius 2 is 1.88 bits per heavy atom. The SMILES string of the molecule is CC1CCOC1C(=O)c1c(Cl)cc(Cl)cc1Cl. The molecule has 0 spiro atoms. The van der Waals surface area contributed by atoms with Crippen molar-refractivity contribution in [3.63, 3.8) is 0 Å². The number of benzene rings is 1. The number of hydrogen-bond donors (Lipinski definition) is 0. The van der Waals surface area contributed by atoms with E-state index in [1.165, 1.54) is 12.1 Å². The molecule has 0 aromatic heterocycles. The molecule has 92 valence electrons. The standard InChI is InChI=1S/C12H11Cl3O2/c1-6-2-3-17-12(6)11(16)10-8(14)4-7(13)5-9(10)15/h4-6,12H,2-3H2,1H3. The van der Waals surface area contributed by atoms with E-state index in [2.05, 4.69) is 0 Å². The molecular formula is C12H11Cl3O2. The van der Waals surface area contributed by atoms with Gasteiger partial charge in [0.25, 0.3) is 0 Å². The highest BCUT2D eigenvalue weighted by atomic mass is 35.5. The Bertz CT molecular complexity index is 436. The van der Waals surface area contributed by atoms with Crippen LogP contribution in [-0.2, 0) is 4.74 Å². The largest absolute Gasteiger partial charge is 0.370 e. The van der Waals surface area contributed by atoms with Crippen molar-refractivity contribution in [1.29, 1.82) is 0 Å². The molecule has 17 heavy (non-hydrogen) atoms. The fourth-order valence-corrected chi connectivity index (χ4v) is 2.95. The van der Waals surface area contributed by atoms with E-state index in [0.29, 0.717) is 17.2 Å². The van der Waals surface area contributed by atoms with Gasteiger partial charge in [0, 0.05) is 11.6 Å². The van der Waals surface area contributed by atoms with Gasteiger partial charge in [-0.05, 0) is 24.5 Å². The Morgan fingerprint density at radius 3 is 2.35 bits per heavy atom. The van der Waals surface area contributed by atoms with Gasteiger partial charge in [0.15, 0.2) is 5.78 Å². The molecule has 1 saturated heterocycles. The third kappa shape index (κ3) is 2.60. The van der Waals surface area contributed by atoms with E-state index in [1.807, 2.05) is 6.92 Å². The number of carbonyl (C=O) groups is 1. The summed E-state index contributed by atoms with van der Waals surface area (Å²) in [7, 11) is 0. The zero-order chi connectivity index (χ0) is 12.6. The van der Waals surface area contributed by atoms with Crippen LogP contribution in [0.4, 0.5) is 0 Å². The maximum Gasteiger partial charge on any atom is 0.194 e. The third-order valence-electron chi connectivity index (χ3n) is 2.90. The smallest absolute Gasteiger partial charge is 0.194 e. The Balaban J connectivity index is 2.37. The summed E-state index contributed by atoms with van der Waals surface area (Å²) in [5, 5.41) is 0.960. The van der Waals surface area contributed by atoms with Gasteiger partial charge in [-0.2, -0.15) is 0 Å². The molecule has 0 N–H and O–H groups in total. The normalized spacial score (nSPS) is 24.0. The average Bonchev–Trinajstić information content (AvgIpc) is 2.62. The van der Waals surface area contributed by atoms with Gasteiger partial charge in [-0.1, -0.05) is 41.7 Å². The van der Waals surface area contributed by atoms with Crippen molar-refractivity contribution in [2.45, 2.75) is 19.4 Å². The van der Waals surface area contributed by atoms with Crippen molar-refractivity contribution in [3.8, 4) is 0 Å². The molecule has 0 radical (unpaired) electrons. The maximum absolute atomic E-state index is 12.3. The molecule has 1 aliphatic rings. The zero-order valence-electron chi connectivity index (χ0n) is 9.17. The van der Waals surface area contributed by atoms with E-state index in [9.17, 15) is 4.79 Å². The second-order valence-electron chi connectivity index (χ2n) is 4.17. The summed E-state index contributed by atoms with van der Waals surface area (Å²) in [6, 6.07) is 3.03. The first-order valence-electron chi connectivity index (χ1n) is 5.31. The molecule has 2 unspecified atom stereocenters. The van der Waals surface area contributed by atoms with Crippen LogP contribution in [0.2, 0.25) is 15.1 Å². The minimum atomic E-state index is -0.453. The second kappa shape index (κ2) is 5.15. The molecule has 2 atom stereocenters. The van der Waals surface area contributed by atoms with Crippen LogP contribution in [-0.4, -0.2) is 18.5 Å². The van der Waals surface area contributed by atoms with Crippen molar-refractivity contribution in [2.75, 3.05) is 6.61 Å². The lowest BCUT2D eigenvalue weighted by molar-refractivity contribution is 0.0580. The minimum Gasteiger partial charge on any atom is -0.370 e. The fraction of sp³-hybridized carbons (Fsp3) is 0.417. The Labute approximate surface area is 115 Å². The van der Waals surface area contributed by atoms with E-state index in [-0.39, 0.29) is 21.7 Å². The van der Waals surface area contributed by atoms with Crippen LogP contribution in [0.5, 0.6) is 0 Å². The predicted molar refractivity (Wildman–Crippen MR) is 69.3 cm³/mol. The summed E-state index contributed by atoms with van der Waals surface area (Å²) >= 11 is 17.8. The topological polar surface area (TPSA) is 26.3 Å². The summed E-state index contributed by atoms with van der Waals surface area (Å²) in [6.45, 7) is 2.58. The molecule has 2 rings (SSSR count). The van der Waals surface area contributed by atoms with Gasteiger partial charge in [0.2, 0.25) is 0 Å². The Hall–Kier alpha value is -0.280. The first-order chi connectivity index (χ1) is 8.00. The number of carbonyl (C=O) groups excluding carboxylic acids is 1. The van der Waals surface area contributed by atoms with Gasteiger partial charge in [0.1, 0.15) is 6.10 Å². The van der Waals surface area contributed by atoms with Crippen molar-refractivity contribution in [2.24, 2.45) is 5.92 Å². The number of ketones is 1. The van der Waals surface area contributed by atoms with Crippen LogP contribution in [0, 0.1) is 5.92 Å². The highest BCUT2D eigenvalue weighted by molar-refractivity contribution is 6.42. The quantitative estimate of drug-likeness (QED) is 0.762. The van der Waals surface area contributed by atoms with Crippen LogP contribution in [0.3, 0.4) is 0 Å². The number of halogens is 3. The lowest BCUT2D eigenvalue weighted by atomic mass is 9.96. The van der Waals surface area contributed by atoms with Crippen LogP contribution >= 0.6 is 34.8 Å². The first-order valence-corrected chi connectivity index (χ1v) is 6.44. The predicted octanol–water partition coefficient (Wildman–Crippen LogP) is 4.25. The summed E-state index contributed by atoms with van der Waals surface area (Å²) < 4.78 is 5.42. The minimum absolute atomic E-state index is 0.165. The van der Waals surface area contributed by atoms with Gasteiger partial charge in [-0.25, -0.2) is 0 Å². The molecule has 5 heteroatoms. The monoisotopic (exact) mass is 292 g/mol. The highest BCUT2D eigenvalue weighted by Crippen LogP contribution is 2.33. The van der Waals surface area contributed by atoms with Crippen molar-refractivity contribution < 1.29 is 9.53 Å². The molecule has 0 amide bonds. The molecule has 1 fully saturated rings. The van der Waals surface area contributed by atoms with Crippen molar-refractivity contribution in [1.82, 2.24) is 0 Å². The zero-order valence-corrected chi connectivity index (χ0v) is 11.4. The molecule has 0 saturated carbocycles. The van der Waals surface area contributed by atoms with Crippen LogP contribution in [0.25, 0.3) is 0 Å². The van der Waals surface area contributed by atoms with E-state index in [1.54, 1.807) is 0 Å². The summed E-state index contributed by atoms with van der Waals surface area (Å²) in [6.07, 6.45) is 0.422. The molecular weight excluding hydrogens is 282 g/mol. The number of rotatable bonds is 2. The van der Waals surface area contributed by atoms with Gasteiger partial charge in [-0.3, -0.25) is 4.79 Å². The lowest BCUT2D eigenvalue weighted by Gasteiger charge is -2.15. The third-order valence-corrected chi connectivity index (χ3v) is 3.71. The van der Waals surface area contributed by atoms with E-state index in [4.69, 9.17) is 39.5 Å². The average molecular weight is 294 g/mol. The van der Waals surface area contributed by atoms with Gasteiger partial charge >= 0.3 is 0 Å². The fourth-order valence-electron chi connectivity index (χ4n) is 1.95. The van der Waals surface area contributed by atoms with E-state index < -0.39 is 6.10 Å². The Kier molecular flexibility index (Phi) is 3.99. The van der Waals surface area contributed by atoms with Gasteiger partial charge in [-0.15, -0.1) is 0 Å². The van der Waals surface area contributed by atoms with Crippen molar-refractivity contribution in [3.05, 3.63) is 32.8 Å². The van der Waals surface area contributed by atoms with Crippen molar-refractivity contribution >= 4 is 40.6 Å². The van der Waals surface area contributed by atoms with E-state index >= 15 is 0 Å². The van der Waals surface area contributed by atoms with Crippen LogP contribution < -0.4 is 0 Å². The number of ether oxygens (including phenoxy) is 1. The molecule has 2 nitrogen and oxygen atoms in total. The van der Waals surface area contributed by atoms with E-state index in [0.717, 1.165) is 6.42 Å². The number of Topliss-reactive ketones (excluding diaryl/α,β-unsaturated/α-hetero) is 1. The second-order valence-corrected chi connectivity index (χ2v) is 5.42. The molecule has 1 aromatic carbocycles.